The summed E-state index contributed by atoms with van der Waals surface area (Å²) in [4.78, 5) is 0.421. The zero-order chi connectivity index (χ0) is 22.4. The molecule has 4 aromatic carbocycles. The first-order chi connectivity index (χ1) is 14.5. The molecule has 3 nitrogen and oxygen atoms in total. The van der Waals surface area contributed by atoms with Crippen LogP contribution in [0.3, 0.4) is 0 Å². The Morgan fingerprint density at radius 3 is 1.77 bits per heavy atom. The van der Waals surface area contributed by atoms with E-state index in [0.29, 0.717) is 10.5 Å². The molecule has 0 unspecified atom stereocenters. The number of hydrogen-bond donors (Lipinski definition) is 0. The lowest BCUT2D eigenvalue weighted by Crippen LogP contribution is -2.26. The minimum atomic E-state index is -5.75. The lowest BCUT2D eigenvalue weighted by Gasteiger charge is -2.32. The molecule has 0 aliphatic carbocycles. The normalized spacial score (nSPS) is 13.6. The monoisotopic (exact) mass is 464 g/mol. The van der Waals surface area contributed by atoms with Crippen LogP contribution in [0.5, 0.6) is 0 Å². The van der Waals surface area contributed by atoms with Crippen molar-refractivity contribution in [2.24, 2.45) is 0 Å². The average Bonchev–Trinajstić information content (AvgIpc) is 2.70. The summed E-state index contributed by atoms with van der Waals surface area (Å²) < 4.78 is 67.4. The average molecular weight is 465 g/mol. The highest BCUT2D eigenvalue weighted by atomic mass is 32.3. The van der Waals surface area contributed by atoms with Crippen molar-refractivity contribution in [2.75, 3.05) is 12.5 Å². The molecule has 0 fully saturated rings. The van der Waals surface area contributed by atoms with Gasteiger partial charge in [-0.2, -0.15) is 21.6 Å². The summed E-state index contributed by atoms with van der Waals surface area (Å²) in [6.07, 6.45) is 2.81. The molecule has 0 saturated heterocycles. The van der Waals surface area contributed by atoms with Crippen LogP contribution in [0.1, 0.15) is 0 Å². The smallest absolute Gasteiger partial charge is 0.209 e. The Balaban J connectivity index is 2.01. The number of rotatable bonds is 4. The maximum atomic E-state index is 13.0. The van der Waals surface area contributed by atoms with Gasteiger partial charge in [0, 0.05) is 4.90 Å². The quantitative estimate of drug-likeness (QED) is 0.245. The molecule has 0 spiro atoms. The van der Waals surface area contributed by atoms with E-state index in [9.17, 15) is 21.6 Å². The number of halogens is 3. The van der Waals surface area contributed by atoms with Gasteiger partial charge in [-0.25, -0.2) is 3.63 Å². The minimum Gasteiger partial charge on any atom is -0.209 e. The highest BCUT2D eigenvalue weighted by Crippen LogP contribution is 2.57. The van der Waals surface area contributed by atoms with Crippen LogP contribution in [0.15, 0.2) is 83.8 Å². The van der Waals surface area contributed by atoms with Crippen LogP contribution in [0.4, 0.5) is 13.2 Å². The molecule has 0 aliphatic rings. The third-order valence-corrected chi connectivity index (χ3v) is 9.06. The van der Waals surface area contributed by atoms with Crippen molar-refractivity contribution < 1.29 is 25.2 Å². The van der Waals surface area contributed by atoms with Gasteiger partial charge in [0.25, 0.3) is 0 Å². The van der Waals surface area contributed by atoms with Crippen molar-refractivity contribution in [1.29, 1.82) is 0 Å². The van der Waals surface area contributed by atoms with E-state index in [-0.39, 0.29) is 0 Å². The third-order valence-electron chi connectivity index (χ3n) is 5.00. The SMILES string of the molecule is CS(C)(OS(=O)(=O)C(F)(F)F)c1ccccc1-c1c2ccccc2cc2ccccc12. The van der Waals surface area contributed by atoms with Crippen molar-refractivity contribution >= 4 is 42.0 Å². The molecule has 0 bridgehead atoms. The Labute approximate surface area is 180 Å². The van der Waals surface area contributed by atoms with Gasteiger partial charge in [0.1, 0.15) is 0 Å². The van der Waals surface area contributed by atoms with E-state index in [1.54, 1.807) is 24.3 Å². The van der Waals surface area contributed by atoms with Gasteiger partial charge in [0.2, 0.25) is 0 Å². The molecule has 0 heterocycles. The second kappa shape index (κ2) is 7.55. The van der Waals surface area contributed by atoms with Crippen LogP contribution in [-0.4, -0.2) is 26.4 Å². The first kappa shape index (κ1) is 21.7. The van der Waals surface area contributed by atoms with Gasteiger partial charge in [-0.1, -0.05) is 77.0 Å². The van der Waals surface area contributed by atoms with Gasteiger partial charge in [0.05, 0.1) is 0 Å². The molecule has 8 heteroatoms. The van der Waals surface area contributed by atoms with Gasteiger partial charge < -0.3 is 0 Å². The zero-order valence-electron chi connectivity index (χ0n) is 16.7. The van der Waals surface area contributed by atoms with Gasteiger partial charge in [0.15, 0.2) is 0 Å². The molecule has 4 aromatic rings. The molecule has 0 saturated carbocycles. The summed E-state index contributed by atoms with van der Waals surface area (Å²) in [5.41, 5.74) is -4.01. The molecule has 162 valence electrons. The highest BCUT2D eigenvalue weighted by Gasteiger charge is 2.50. The fourth-order valence-electron chi connectivity index (χ4n) is 3.70. The second-order valence-corrected chi connectivity index (χ2v) is 12.2. The Kier molecular flexibility index (Phi) is 5.28. The summed E-state index contributed by atoms with van der Waals surface area (Å²) in [7, 11) is -8.58. The van der Waals surface area contributed by atoms with E-state index in [0.717, 1.165) is 27.1 Å². The summed E-state index contributed by atoms with van der Waals surface area (Å²) >= 11 is 0. The molecule has 0 atom stereocenters. The van der Waals surface area contributed by atoms with Crippen LogP contribution in [-0.2, 0) is 13.7 Å². The van der Waals surface area contributed by atoms with Crippen LogP contribution in [0, 0.1) is 0 Å². The van der Waals surface area contributed by atoms with Gasteiger partial charge >= 0.3 is 15.6 Å². The molecular formula is C23H19F3O3S2. The summed E-state index contributed by atoms with van der Waals surface area (Å²) in [5.74, 6) is 0. The topological polar surface area (TPSA) is 43.4 Å². The van der Waals surface area contributed by atoms with Crippen molar-refractivity contribution in [3.63, 3.8) is 0 Å². The second-order valence-electron chi connectivity index (χ2n) is 7.39. The van der Waals surface area contributed by atoms with Crippen LogP contribution >= 0.6 is 10.3 Å². The van der Waals surface area contributed by atoms with Gasteiger partial charge in [-0.05, 0) is 57.3 Å². The molecule has 0 aromatic heterocycles. The van der Waals surface area contributed by atoms with E-state index < -0.39 is 25.9 Å². The maximum Gasteiger partial charge on any atom is 0.523 e. The van der Waals surface area contributed by atoms with Crippen molar-refractivity contribution in [2.45, 2.75) is 10.4 Å². The third kappa shape index (κ3) is 3.91. The van der Waals surface area contributed by atoms with Crippen molar-refractivity contribution in [1.82, 2.24) is 0 Å². The van der Waals surface area contributed by atoms with E-state index >= 15 is 0 Å². The molecule has 0 aliphatic heterocycles. The number of alkyl halides is 3. The molecule has 31 heavy (non-hydrogen) atoms. The Morgan fingerprint density at radius 2 is 1.23 bits per heavy atom. The fourth-order valence-corrected chi connectivity index (χ4v) is 7.20. The standard InChI is InChI=1S/C23H19F3O3S2/c1-30(2,29-31(27,28)23(24,25)26)21-14-8-7-13-20(21)22-18-11-5-3-9-16(18)15-17-10-4-6-12-19(17)22/h3-15H,1-2H3. The summed E-state index contributed by atoms with van der Waals surface area (Å²) in [5, 5.41) is 3.79. The Morgan fingerprint density at radius 1 is 0.742 bits per heavy atom. The molecule has 0 amide bonds. The van der Waals surface area contributed by atoms with E-state index in [1.165, 1.54) is 12.5 Å². The number of hydrogen-bond acceptors (Lipinski definition) is 3. The predicted molar refractivity (Wildman–Crippen MR) is 121 cm³/mol. The van der Waals surface area contributed by atoms with Crippen LogP contribution < -0.4 is 0 Å². The Hall–Kier alpha value is -2.55. The highest BCUT2D eigenvalue weighted by molar-refractivity contribution is 8.32. The van der Waals surface area contributed by atoms with Gasteiger partial charge in [-0.15, -0.1) is 0 Å². The zero-order valence-corrected chi connectivity index (χ0v) is 18.3. The first-order valence-corrected chi connectivity index (χ1v) is 13.1. The molecule has 4 rings (SSSR count). The minimum absolute atomic E-state index is 0.421. The Bertz CT molecular complexity index is 1340. The van der Waals surface area contributed by atoms with Crippen molar-refractivity contribution in [3.05, 3.63) is 78.9 Å². The fraction of sp³-hybridized carbons (Fsp3) is 0.130. The van der Waals surface area contributed by atoms with E-state index in [4.69, 9.17) is 3.63 Å². The predicted octanol–water partition coefficient (Wildman–Crippen LogP) is 6.86. The maximum absolute atomic E-state index is 13.0. The van der Waals surface area contributed by atoms with Gasteiger partial charge in [-0.3, -0.25) is 0 Å². The molecule has 0 radical (unpaired) electrons. The lowest BCUT2D eigenvalue weighted by molar-refractivity contribution is -0.0495. The largest absolute Gasteiger partial charge is 0.523 e. The summed E-state index contributed by atoms with van der Waals surface area (Å²) in [6, 6.07) is 24.4. The summed E-state index contributed by atoms with van der Waals surface area (Å²) in [6.45, 7) is 0. The molecular weight excluding hydrogens is 445 g/mol. The van der Waals surface area contributed by atoms with Crippen LogP contribution in [0.2, 0.25) is 0 Å². The molecule has 0 N–H and O–H groups in total. The number of benzene rings is 4. The van der Waals surface area contributed by atoms with Crippen LogP contribution in [0.25, 0.3) is 32.7 Å². The number of fused-ring (bicyclic) bond motifs is 2. The van der Waals surface area contributed by atoms with E-state index in [2.05, 4.69) is 6.07 Å². The van der Waals surface area contributed by atoms with E-state index in [1.807, 2.05) is 48.5 Å². The van der Waals surface area contributed by atoms with Crippen molar-refractivity contribution in [3.8, 4) is 11.1 Å². The lowest BCUT2D eigenvalue weighted by atomic mass is 9.92. The first-order valence-electron chi connectivity index (χ1n) is 9.27.